The number of nitrogens with zero attached hydrogens (tertiary/aromatic N) is 1. The van der Waals surface area contributed by atoms with Crippen LogP contribution in [0.15, 0.2) is 132 Å². The zero-order chi connectivity index (χ0) is 26.2. The van der Waals surface area contributed by atoms with Crippen LogP contribution >= 0.6 is 11.3 Å². The summed E-state index contributed by atoms with van der Waals surface area (Å²) < 4.78 is 8.86. The minimum Gasteiger partial charge on any atom is -0.456 e. The summed E-state index contributed by atoms with van der Waals surface area (Å²) in [4.78, 5) is 5.40. The number of fused-ring (bicyclic) bond motifs is 10. The van der Waals surface area contributed by atoms with E-state index in [4.69, 9.17) is 9.40 Å². The van der Waals surface area contributed by atoms with E-state index in [1.165, 1.54) is 36.7 Å². The third-order valence-electron chi connectivity index (χ3n) is 8.06. The molecule has 0 N–H and O–H groups in total. The number of benzene rings is 6. The van der Waals surface area contributed by atoms with Gasteiger partial charge in [0.2, 0.25) is 0 Å². The maximum absolute atomic E-state index is 6.22. The van der Waals surface area contributed by atoms with Gasteiger partial charge in [0.1, 0.15) is 11.2 Å². The van der Waals surface area contributed by atoms with Gasteiger partial charge in [-0.05, 0) is 46.8 Å². The van der Waals surface area contributed by atoms with Gasteiger partial charge in [-0.3, -0.25) is 0 Å². The van der Waals surface area contributed by atoms with Crippen molar-refractivity contribution in [3.63, 3.8) is 0 Å². The second-order valence-electron chi connectivity index (χ2n) is 10.3. The van der Waals surface area contributed by atoms with Crippen molar-refractivity contribution in [1.82, 2.24) is 4.98 Å². The highest BCUT2D eigenvalue weighted by molar-refractivity contribution is 7.26. The van der Waals surface area contributed by atoms with Crippen molar-refractivity contribution in [3.05, 3.63) is 127 Å². The first-order chi connectivity index (χ1) is 19.8. The number of hydrogen-bond acceptors (Lipinski definition) is 3. The first-order valence-corrected chi connectivity index (χ1v) is 14.3. The first kappa shape index (κ1) is 21.9. The number of thiophene rings is 1. The predicted octanol–water partition coefficient (Wildman–Crippen LogP) is 11.0. The maximum atomic E-state index is 6.22. The van der Waals surface area contributed by atoms with Crippen LogP contribution in [0.3, 0.4) is 0 Å². The molecule has 0 fully saturated rings. The second kappa shape index (κ2) is 8.25. The van der Waals surface area contributed by atoms with Crippen LogP contribution < -0.4 is 0 Å². The van der Waals surface area contributed by atoms with Crippen LogP contribution in [-0.2, 0) is 0 Å². The number of hydrogen-bond donors (Lipinski definition) is 0. The van der Waals surface area contributed by atoms with E-state index in [0.717, 1.165) is 49.5 Å². The van der Waals surface area contributed by atoms with Gasteiger partial charge in [0.15, 0.2) is 0 Å². The van der Waals surface area contributed by atoms with Crippen molar-refractivity contribution in [2.24, 2.45) is 0 Å². The molecule has 0 saturated carbocycles. The Hall–Kier alpha value is -4.99. The molecule has 3 heteroatoms. The molecule has 0 saturated heterocycles. The van der Waals surface area contributed by atoms with Crippen LogP contribution in [0.4, 0.5) is 0 Å². The van der Waals surface area contributed by atoms with E-state index in [1.807, 2.05) is 23.5 Å². The molecule has 0 spiro atoms. The number of rotatable bonds is 2. The molecule has 0 aliphatic carbocycles. The zero-order valence-corrected chi connectivity index (χ0v) is 22.2. The highest BCUT2D eigenvalue weighted by Crippen LogP contribution is 2.42. The van der Waals surface area contributed by atoms with Crippen LogP contribution in [0, 0.1) is 0 Å². The van der Waals surface area contributed by atoms with E-state index >= 15 is 0 Å². The molecule has 2 nitrogen and oxygen atoms in total. The average Bonchev–Trinajstić information content (AvgIpc) is 3.59. The van der Waals surface area contributed by atoms with Gasteiger partial charge in [-0.1, -0.05) is 97.1 Å². The molecule has 40 heavy (non-hydrogen) atoms. The summed E-state index contributed by atoms with van der Waals surface area (Å²) in [6, 6.07) is 45.3. The Morgan fingerprint density at radius 2 is 1.23 bits per heavy atom. The molecule has 9 rings (SSSR count). The lowest BCUT2D eigenvalue weighted by molar-refractivity contribution is 0.669. The summed E-state index contributed by atoms with van der Waals surface area (Å²) in [5, 5.41) is 8.30. The molecule has 0 atom stereocenters. The normalized spacial score (nSPS) is 12.0. The number of para-hydroxylation sites is 1. The average molecular weight is 528 g/mol. The Bertz CT molecular complexity index is 2450. The largest absolute Gasteiger partial charge is 0.456 e. The fourth-order valence-corrected chi connectivity index (χ4v) is 7.50. The molecule has 0 radical (unpaired) electrons. The molecule has 0 aliphatic rings. The summed E-state index contributed by atoms with van der Waals surface area (Å²) in [5.74, 6) is 0. The Morgan fingerprint density at radius 1 is 0.500 bits per heavy atom. The van der Waals surface area contributed by atoms with Gasteiger partial charge in [-0.25, -0.2) is 4.98 Å². The smallest absolute Gasteiger partial charge is 0.137 e. The lowest BCUT2D eigenvalue weighted by Crippen LogP contribution is -1.91. The molecule has 0 aliphatic heterocycles. The fourth-order valence-electron chi connectivity index (χ4n) is 6.26. The highest BCUT2D eigenvalue weighted by atomic mass is 32.1. The lowest BCUT2D eigenvalue weighted by Gasteiger charge is -2.12. The minimum absolute atomic E-state index is 0.868. The minimum atomic E-state index is 0.868. The van der Waals surface area contributed by atoms with Gasteiger partial charge in [0.05, 0.1) is 16.6 Å². The van der Waals surface area contributed by atoms with Crippen molar-refractivity contribution < 1.29 is 4.42 Å². The molecule has 0 bridgehead atoms. The van der Waals surface area contributed by atoms with Crippen LogP contribution in [0.1, 0.15) is 0 Å². The molecule has 0 unspecified atom stereocenters. The summed E-state index contributed by atoms with van der Waals surface area (Å²) in [6.07, 6.45) is 0. The SMILES string of the molecule is c1cc(-c2nc3c(ccc4oc5ccccc5c43)c3ccccc23)cc(-c2cccc3c2sc2ccccc23)c1. The molecule has 9 aromatic rings. The van der Waals surface area contributed by atoms with E-state index in [9.17, 15) is 0 Å². The van der Waals surface area contributed by atoms with Crippen molar-refractivity contribution in [1.29, 1.82) is 0 Å². The van der Waals surface area contributed by atoms with Gasteiger partial charge in [-0.15, -0.1) is 11.3 Å². The van der Waals surface area contributed by atoms with Crippen LogP contribution in [0.25, 0.3) is 86.2 Å². The van der Waals surface area contributed by atoms with Gasteiger partial charge in [0, 0.05) is 41.9 Å². The Labute approximate surface area is 233 Å². The Kier molecular flexibility index (Phi) is 4.52. The summed E-state index contributed by atoms with van der Waals surface area (Å²) in [5.41, 5.74) is 7.30. The van der Waals surface area contributed by atoms with Gasteiger partial charge >= 0.3 is 0 Å². The monoisotopic (exact) mass is 527 g/mol. The zero-order valence-electron chi connectivity index (χ0n) is 21.4. The summed E-state index contributed by atoms with van der Waals surface area (Å²) in [7, 11) is 0. The Balaban J connectivity index is 1.34. The maximum Gasteiger partial charge on any atom is 0.137 e. The number of furan rings is 1. The van der Waals surface area contributed by atoms with Crippen molar-refractivity contribution >= 4 is 75.1 Å². The Morgan fingerprint density at radius 3 is 2.15 bits per heavy atom. The summed E-state index contributed by atoms with van der Waals surface area (Å²) in [6.45, 7) is 0. The number of pyridine rings is 1. The van der Waals surface area contributed by atoms with E-state index in [2.05, 4.69) is 115 Å². The topological polar surface area (TPSA) is 26.0 Å². The predicted molar refractivity (Wildman–Crippen MR) is 170 cm³/mol. The van der Waals surface area contributed by atoms with Crippen LogP contribution in [0.5, 0.6) is 0 Å². The first-order valence-electron chi connectivity index (χ1n) is 13.5. The van der Waals surface area contributed by atoms with Crippen molar-refractivity contribution in [2.75, 3.05) is 0 Å². The highest BCUT2D eigenvalue weighted by Gasteiger charge is 2.17. The van der Waals surface area contributed by atoms with Crippen LogP contribution in [0.2, 0.25) is 0 Å². The van der Waals surface area contributed by atoms with Gasteiger partial charge in [0.25, 0.3) is 0 Å². The van der Waals surface area contributed by atoms with E-state index in [1.54, 1.807) is 0 Å². The molecular formula is C37H21NOS. The summed E-state index contributed by atoms with van der Waals surface area (Å²) >= 11 is 1.87. The van der Waals surface area contributed by atoms with Crippen molar-refractivity contribution in [2.45, 2.75) is 0 Å². The van der Waals surface area contributed by atoms with Gasteiger partial charge in [-0.2, -0.15) is 0 Å². The molecule has 3 heterocycles. The van der Waals surface area contributed by atoms with Crippen molar-refractivity contribution in [3.8, 4) is 22.4 Å². The third-order valence-corrected chi connectivity index (χ3v) is 9.28. The standard InChI is InChI=1S/C37H21NOS/c1-2-13-27-25(11-1)28-19-20-32-34(30-14-3-5-17-31(30)39-32)36(28)38-35(27)23-10-7-9-22(21-23)24-15-8-16-29-26-12-4-6-18-33(26)40-37(24)29/h1-21H. The van der Waals surface area contributed by atoms with Crippen LogP contribution in [-0.4, -0.2) is 4.98 Å². The molecular weight excluding hydrogens is 506 g/mol. The quantitative estimate of drug-likeness (QED) is 0.209. The van der Waals surface area contributed by atoms with Gasteiger partial charge < -0.3 is 4.42 Å². The number of aromatic nitrogens is 1. The third kappa shape index (κ3) is 3.07. The molecule has 186 valence electrons. The van der Waals surface area contributed by atoms with E-state index in [0.29, 0.717) is 0 Å². The lowest BCUT2D eigenvalue weighted by atomic mass is 9.96. The fraction of sp³-hybridized carbons (Fsp3) is 0. The van der Waals surface area contributed by atoms with E-state index in [-0.39, 0.29) is 0 Å². The molecule has 0 amide bonds. The van der Waals surface area contributed by atoms with E-state index < -0.39 is 0 Å². The molecule has 3 aromatic heterocycles. The molecule has 6 aromatic carbocycles. The second-order valence-corrected chi connectivity index (χ2v) is 11.4.